The Morgan fingerprint density at radius 2 is 2.05 bits per heavy atom. The number of rotatable bonds is 5. The molecule has 5 heteroatoms. The van der Waals surface area contributed by atoms with Gasteiger partial charge in [0.15, 0.2) is 11.5 Å². The largest absolute Gasteiger partial charge is 0.493 e. The Morgan fingerprint density at radius 3 is 2.57 bits per heavy atom. The summed E-state index contributed by atoms with van der Waals surface area (Å²) in [6.45, 7) is 2.61. The first-order valence-electron chi connectivity index (χ1n) is 7.13. The summed E-state index contributed by atoms with van der Waals surface area (Å²) in [6, 6.07) is 7.58. The molecular weight excluding hydrogens is 266 g/mol. The molecule has 0 radical (unpaired) electrons. The fourth-order valence-electron chi connectivity index (χ4n) is 2.79. The van der Waals surface area contributed by atoms with Crippen molar-refractivity contribution in [2.24, 2.45) is 0 Å². The van der Waals surface area contributed by atoms with Crippen LogP contribution in [0.1, 0.15) is 35.8 Å². The number of anilines is 1. The highest BCUT2D eigenvalue weighted by atomic mass is 16.5. The highest BCUT2D eigenvalue weighted by Crippen LogP contribution is 2.51. The van der Waals surface area contributed by atoms with Gasteiger partial charge in [-0.25, -0.2) is 0 Å². The second-order valence-electron chi connectivity index (χ2n) is 5.41. The molecule has 0 bridgehead atoms. The normalized spacial score (nSPS) is 15.7. The number of Topliss-reactive ketones (excluding diaryl/α,β-unsaturated/α-hetero) is 1. The van der Waals surface area contributed by atoms with E-state index >= 15 is 0 Å². The van der Waals surface area contributed by atoms with Crippen molar-refractivity contribution < 1.29 is 9.53 Å². The van der Waals surface area contributed by atoms with Crippen LogP contribution in [0.15, 0.2) is 30.5 Å². The molecule has 3 rings (SSSR count). The number of aryl methyl sites for hydroxylation is 1. The van der Waals surface area contributed by atoms with Crippen LogP contribution in [0.5, 0.6) is 5.75 Å². The standard InChI is InChI=1S/C16H19N3O2/c1-3-19-14(13(21-2)10-18-19)15(20)16(8-9-16)11-4-6-12(17)7-5-11/h4-7,10H,3,8-9,17H2,1-2H3. The first kappa shape index (κ1) is 13.7. The Bertz CT molecular complexity index is 648. The number of nitrogens with zero attached hydrogens (tertiary/aromatic N) is 2. The number of hydrogen-bond donors (Lipinski definition) is 1. The second kappa shape index (κ2) is 4.91. The van der Waals surface area contributed by atoms with E-state index in [1.54, 1.807) is 18.0 Å². The van der Waals surface area contributed by atoms with E-state index in [0.29, 0.717) is 23.7 Å². The van der Waals surface area contributed by atoms with Crippen LogP contribution in [0.2, 0.25) is 0 Å². The number of nitrogen functional groups attached to an aromatic ring is 1. The quantitative estimate of drug-likeness (QED) is 0.676. The Balaban J connectivity index is 2.02. The van der Waals surface area contributed by atoms with Crippen LogP contribution in [0.3, 0.4) is 0 Å². The Morgan fingerprint density at radius 1 is 1.38 bits per heavy atom. The first-order chi connectivity index (χ1) is 10.1. The van der Waals surface area contributed by atoms with Gasteiger partial charge in [-0.1, -0.05) is 12.1 Å². The third kappa shape index (κ3) is 2.09. The molecule has 1 heterocycles. The third-order valence-corrected chi connectivity index (χ3v) is 4.19. The van der Waals surface area contributed by atoms with Crippen LogP contribution in [0.25, 0.3) is 0 Å². The predicted molar refractivity (Wildman–Crippen MR) is 80.5 cm³/mol. The van der Waals surface area contributed by atoms with E-state index in [0.717, 1.165) is 18.4 Å². The molecule has 110 valence electrons. The minimum atomic E-state index is -0.437. The number of ketones is 1. The maximum atomic E-state index is 13.1. The molecule has 0 amide bonds. The number of carbonyl (C=O) groups excluding carboxylic acids is 1. The van der Waals surface area contributed by atoms with Crippen molar-refractivity contribution in [3.05, 3.63) is 41.7 Å². The van der Waals surface area contributed by atoms with Crippen LogP contribution < -0.4 is 10.5 Å². The number of aromatic nitrogens is 2. The molecule has 1 fully saturated rings. The van der Waals surface area contributed by atoms with E-state index in [2.05, 4.69) is 5.10 Å². The summed E-state index contributed by atoms with van der Waals surface area (Å²) in [5, 5.41) is 4.23. The topological polar surface area (TPSA) is 70.1 Å². The monoisotopic (exact) mass is 285 g/mol. The third-order valence-electron chi connectivity index (χ3n) is 4.19. The molecule has 21 heavy (non-hydrogen) atoms. The molecule has 1 aliphatic carbocycles. The van der Waals surface area contributed by atoms with Gasteiger partial charge in [0, 0.05) is 12.2 Å². The molecule has 2 aromatic rings. The second-order valence-corrected chi connectivity index (χ2v) is 5.41. The van der Waals surface area contributed by atoms with E-state index in [9.17, 15) is 4.79 Å². The van der Waals surface area contributed by atoms with Gasteiger partial charge in [0.25, 0.3) is 0 Å². The lowest BCUT2D eigenvalue weighted by atomic mass is 9.89. The van der Waals surface area contributed by atoms with Crippen LogP contribution in [-0.4, -0.2) is 22.7 Å². The molecular formula is C16H19N3O2. The summed E-state index contributed by atoms with van der Waals surface area (Å²) < 4.78 is 7.01. The van der Waals surface area contributed by atoms with Crippen LogP contribution >= 0.6 is 0 Å². The molecule has 1 aliphatic rings. The van der Waals surface area contributed by atoms with Crippen molar-refractivity contribution in [2.45, 2.75) is 31.7 Å². The maximum Gasteiger partial charge on any atom is 0.195 e. The van der Waals surface area contributed by atoms with Crippen molar-refractivity contribution in [1.82, 2.24) is 9.78 Å². The van der Waals surface area contributed by atoms with Crippen LogP contribution in [0.4, 0.5) is 5.69 Å². The van der Waals surface area contributed by atoms with Crippen molar-refractivity contribution in [3.8, 4) is 5.75 Å². The van der Waals surface area contributed by atoms with E-state index in [1.165, 1.54) is 0 Å². The van der Waals surface area contributed by atoms with Gasteiger partial charge >= 0.3 is 0 Å². The van der Waals surface area contributed by atoms with Crippen molar-refractivity contribution >= 4 is 11.5 Å². The van der Waals surface area contributed by atoms with Crippen LogP contribution in [-0.2, 0) is 12.0 Å². The molecule has 0 unspecified atom stereocenters. The number of hydrogen-bond acceptors (Lipinski definition) is 4. The summed E-state index contributed by atoms with van der Waals surface area (Å²) in [5.74, 6) is 0.632. The predicted octanol–water partition coefficient (Wildman–Crippen LogP) is 2.41. The van der Waals surface area contributed by atoms with E-state index in [-0.39, 0.29) is 5.78 Å². The summed E-state index contributed by atoms with van der Waals surface area (Å²) >= 11 is 0. The average Bonchev–Trinajstić information content (AvgIpc) is 3.20. The van der Waals surface area contributed by atoms with Gasteiger partial charge in [-0.2, -0.15) is 5.10 Å². The minimum Gasteiger partial charge on any atom is -0.493 e. The lowest BCUT2D eigenvalue weighted by molar-refractivity contribution is 0.0932. The highest BCUT2D eigenvalue weighted by Gasteiger charge is 2.52. The zero-order valence-corrected chi connectivity index (χ0v) is 12.3. The average molecular weight is 285 g/mol. The summed E-state index contributed by atoms with van der Waals surface area (Å²) in [5.41, 5.74) is 7.59. The van der Waals surface area contributed by atoms with E-state index in [1.807, 2.05) is 31.2 Å². The van der Waals surface area contributed by atoms with E-state index in [4.69, 9.17) is 10.5 Å². The van der Waals surface area contributed by atoms with Gasteiger partial charge in [0.2, 0.25) is 0 Å². The fourth-order valence-corrected chi connectivity index (χ4v) is 2.79. The van der Waals surface area contributed by atoms with Crippen LogP contribution in [0, 0.1) is 0 Å². The van der Waals surface area contributed by atoms with Gasteiger partial charge in [-0.05, 0) is 37.5 Å². The summed E-state index contributed by atoms with van der Waals surface area (Å²) in [7, 11) is 1.57. The molecule has 1 aromatic carbocycles. The molecule has 0 aliphatic heterocycles. The van der Waals surface area contributed by atoms with Crippen molar-refractivity contribution in [2.75, 3.05) is 12.8 Å². The molecule has 0 atom stereocenters. The SMILES string of the molecule is CCn1ncc(OC)c1C(=O)C1(c2ccc(N)cc2)CC1. The minimum absolute atomic E-state index is 0.0865. The Kier molecular flexibility index (Phi) is 3.20. The lowest BCUT2D eigenvalue weighted by Crippen LogP contribution is -2.24. The van der Waals surface area contributed by atoms with Gasteiger partial charge in [0.1, 0.15) is 5.69 Å². The van der Waals surface area contributed by atoms with Gasteiger partial charge in [-0.3, -0.25) is 9.48 Å². The smallest absolute Gasteiger partial charge is 0.195 e. The van der Waals surface area contributed by atoms with Crippen molar-refractivity contribution in [3.63, 3.8) is 0 Å². The molecule has 2 N–H and O–H groups in total. The number of nitrogens with two attached hydrogens (primary N) is 1. The zero-order valence-electron chi connectivity index (χ0n) is 12.3. The maximum absolute atomic E-state index is 13.1. The number of ether oxygens (including phenoxy) is 1. The first-order valence-corrected chi connectivity index (χ1v) is 7.13. The fraction of sp³-hybridized carbons (Fsp3) is 0.375. The highest BCUT2D eigenvalue weighted by molar-refractivity contribution is 6.06. The van der Waals surface area contributed by atoms with Gasteiger partial charge in [-0.15, -0.1) is 0 Å². The molecule has 0 saturated heterocycles. The molecule has 5 nitrogen and oxygen atoms in total. The Hall–Kier alpha value is -2.30. The number of methoxy groups -OCH3 is 1. The zero-order chi connectivity index (χ0) is 15.0. The Labute approximate surface area is 123 Å². The van der Waals surface area contributed by atoms with E-state index < -0.39 is 5.41 Å². The van der Waals surface area contributed by atoms with Gasteiger partial charge < -0.3 is 10.5 Å². The number of carbonyl (C=O) groups is 1. The summed E-state index contributed by atoms with van der Waals surface area (Å²) in [4.78, 5) is 13.1. The molecule has 0 spiro atoms. The number of benzene rings is 1. The molecule has 1 saturated carbocycles. The molecule has 1 aromatic heterocycles. The van der Waals surface area contributed by atoms with Gasteiger partial charge in [0.05, 0.1) is 18.7 Å². The summed E-state index contributed by atoms with van der Waals surface area (Å²) in [6.07, 6.45) is 3.32. The lowest BCUT2D eigenvalue weighted by Gasteiger charge is -2.16. The van der Waals surface area contributed by atoms with Crippen molar-refractivity contribution in [1.29, 1.82) is 0 Å².